The van der Waals surface area contributed by atoms with Crippen LogP contribution in [0.2, 0.25) is 5.02 Å². The Hall–Kier alpha value is -1.32. The van der Waals surface area contributed by atoms with Crippen molar-refractivity contribution >= 4 is 33.5 Å². The molecule has 19 heavy (non-hydrogen) atoms. The minimum Gasteiger partial charge on any atom is -0.481 e. The molecular weight excluding hydrogens is 328 g/mol. The minimum absolute atomic E-state index is 0.455. The van der Waals surface area contributed by atoms with Crippen LogP contribution in [0.15, 0.2) is 53.0 Å². The molecule has 0 saturated heterocycles. The second-order valence-corrected chi connectivity index (χ2v) is 5.63. The van der Waals surface area contributed by atoms with Crippen molar-refractivity contribution in [1.82, 2.24) is 0 Å². The summed E-state index contributed by atoms with van der Waals surface area (Å²) in [5, 5.41) is 9.99. The maximum absolute atomic E-state index is 11.4. The van der Waals surface area contributed by atoms with E-state index in [4.69, 9.17) is 11.6 Å². The van der Waals surface area contributed by atoms with Gasteiger partial charge in [0.05, 0.1) is 5.92 Å². The second-order valence-electron chi connectivity index (χ2n) is 4.28. The van der Waals surface area contributed by atoms with Gasteiger partial charge in [-0.25, -0.2) is 0 Å². The number of hydrogen-bond acceptors (Lipinski definition) is 1. The Bertz CT molecular complexity index is 581. The van der Waals surface area contributed by atoms with E-state index in [9.17, 15) is 9.90 Å². The van der Waals surface area contributed by atoms with Gasteiger partial charge in [-0.3, -0.25) is 4.79 Å². The average Bonchev–Trinajstić information content (AvgIpc) is 2.37. The van der Waals surface area contributed by atoms with Crippen LogP contribution in [0.4, 0.5) is 0 Å². The molecule has 98 valence electrons. The summed E-state index contributed by atoms with van der Waals surface area (Å²) in [6.45, 7) is 0. The van der Waals surface area contributed by atoms with E-state index < -0.39 is 11.9 Å². The summed E-state index contributed by atoms with van der Waals surface area (Å²) in [5.74, 6) is -1.39. The number of rotatable bonds is 4. The predicted octanol–water partition coefficient (Wildman–Crippen LogP) is 4.51. The van der Waals surface area contributed by atoms with Crippen LogP contribution in [0.1, 0.15) is 17.0 Å². The first-order valence-corrected chi connectivity index (χ1v) is 6.96. The highest BCUT2D eigenvalue weighted by Gasteiger charge is 2.20. The van der Waals surface area contributed by atoms with Crippen molar-refractivity contribution in [2.45, 2.75) is 12.3 Å². The first-order valence-electron chi connectivity index (χ1n) is 5.79. The van der Waals surface area contributed by atoms with E-state index in [0.717, 1.165) is 15.6 Å². The van der Waals surface area contributed by atoms with E-state index >= 15 is 0 Å². The third kappa shape index (κ3) is 3.82. The third-order valence-corrected chi connectivity index (χ3v) is 3.64. The highest BCUT2D eigenvalue weighted by Crippen LogP contribution is 2.24. The minimum atomic E-state index is -0.831. The lowest BCUT2D eigenvalue weighted by atomic mass is 9.92. The Morgan fingerprint density at radius 1 is 1.21 bits per heavy atom. The van der Waals surface area contributed by atoms with Crippen LogP contribution in [-0.4, -0.2) is 11.1 Å². The van der Waals surface area contributed by atoms with E-state index in [-0.39, 0.29) is 0 Å². The molecule has 0 amide bonds. The van der Waals surface area contributed by atoms with Crippen molar-refractivity contribution in [3.8, 4) is 0 Å². The van der Waals surface area contributed by atoms with E-state index in [0.29, 0.717) is 11.4 Å². The first kappa shape index (κ1) is 14.1. The van der Waals surface area contributed by atoms with Gasteiger partial charge in [0, 0.05) is 9.50 Å². The maximum Gasteiger partial charge on any atom is 0.311 e. The van der Waals surface area contributed by atoms with E-state index in [1.165, 1.54) is 0 Å². The van der Waals surface area contributed by atoms with Crippen LogP contribution in [-0.2, 0) is 11.2 Å². The second kappa shape index (κ2) is 6.22. The van der Waals surface area contributed by atoms with Gasteiger partial charge in [-0.15, -0.1) is 0 Å². The number of halogens is 2. The molecule has 0 aliphatic carbocycles. The molecule has 0 aliphatic heterocycles. The molecule has 0 aromatic heterocycles. The third-order valence-electron chi connectivity index (χ3n) is 2.90. The van der Waals surface area contributed by atoms with Crippen molar-refractivity contribution in [3.05, 3.63) is 69.2 Å². The molecular formula is C15H12BrClO2. The lowest BCUT2D eigenvalue weighted by molar-refractivity contribution is -0.138. The van der Waals surface area contributed by atoms with Gasteiger partial charge < -0.3 is 5.11 Å². The number of carboxylic acids is 1. The van der Waals surface area contributed by atoms with Crippen molar-refractivity contribution in [2.24, 2.45) is 0 Å². The van der Waals surface area contributed by atoms with Gasteiger partial charge in [0.25, 0.3) is 0 Å². The van der Waals surface area contributed by atoms with Gasteiger partial charge in [0.2, 0.25) is 0 Å². The van der Waals surface area contributed by atoms with Gasteiger partial charge in [0.1, 0.15) is 0 Å². The summed E-state index contributed by atoms with van der Waals surface area (Å²) < 4.78 is 0.949. The number of hydrogen-bond donors (Lipinski definition) is 1. The molecule has 0 heterocycles. The van der Waals surface area contributed by atoms with E-state index in [1.807, 2.05) is 24.3 Å². The van der Waals surface area contributed by atoms with Crippen LogP contribution >= 0.6 is 27.5 Å². The standard InChI is InChI=1S/C15H12BrClO2/c16-12-3-1-2-10(8-12)9-14(15(18)19)11-4-6-13(17)7-5-11/h1-8,14H,9H2,(H,18,19). The normalized spacial score (nSPS) is 12.1. The summed E-state index contributed by atoms with van der Waals surface area (Å²) in [4.78, 5) is 11.4. The molecule has 0 fully saturated rings. The van der Waals surface area contributed by atoms with Crippen LogP contribution in [0.3, 0.4) is 0 Å². The van der Waals surface area contributed by atoms with Gasteiger partial charge in [-0.05, 0) is 41.8 Å². The Morgan fingerprint density at radius 3 is 2.47 bits per heavy atom. The zero-order chi connectivity index (χ0) is 13.8. The number of carbonyl (C=O) groups is 1. The summed E-state index contributed by atoms with van der Waals surface area (Å²) in [6.07, 6.45) is 0.455. The molecule has 0 spiro atoms. The monoisotopic (exact) mass is 338 g/mol. The van der Waals surface area contributed by atoms with E-state index in [1.54, 1.807) is 24.3 Å². The Labute approximate surface area is 125 Å². The highest BCUT2D eigenvalue weighted by molar-refractivity contribution is 9.10. The topological polar surface area (TPSA) is 37.3 Å². The fourth-order valence-corrected chi connectivity index (χ4v) is 2.52. The molecule has 4 heteroatoms. The quantitative estimate of drug-likeness (QED) is 0.889. The van der Waals surface area contributed by atoms with Crippen molar-refractivity contribution in [1.29, 1.82) is 0 Å². The molecule has 0 bridgehead atoms. The molecule has 1 atom stereocenters. The summed E-state index contributed by atoms with van der Waals surface area (Å²) in [5.41, 5.74) is 1.74. The van der Waals surface area contributed by atoms with Crippen molar-refractivity contribution in [3.63, 3.8) is 0 Å². The largest absolute Gasteiger partial charge is 0.481 e. The molecule has 0 aliphatic rings. The molecule has 0 saturated carbocycles. The van der Waals surface area contributed by atoms with Gasteiger partial charge in [-0.2, -0.15) is 0 Å². The molecule has 2 aromatic rings. The number of carboxylic acid groups (broad SMARTS) is 1. The van der Waals surface area contributed by atoms with Crippen LogP contribution in [0, 0.1) is 0 Å². The number of aliphatic carboxylic acids is 1. The molecule has 2 rings (SSSR count). The molecule has 2 nitrogen and oxygen atoms in total. The lowest BCUT2D eigenvalue weighted by Gasteiger charge is -2.13. The van der Waals surface area contributed by atoms with Crippen LogP contribution < -0.4 is 0 Å². The maximum atomic E-state index is 11.4. The molecule has 1 unspecified atom stereocenters. The van der Waals surface area contributed by atoms with Gasteiger partial charge in [0.15, 0.2) is 0 Å². The summed E-state index contributed by atoms with van der Waals surface area (Å²) in [7, 11) is 0. The SMILES string of the molecule is O=C(O)C(Cc1cccc(Br)c1)c1ccc(Cl)cc1. The van der Waals surface area contributed by atoms with Crippen LogP contribution in [0.25, 0.3) is 0 Å². The first-order chi connectivity index (χ1) is 9.06. The molecule has 1 N–H and O–H groups in total. The van der Waals surface area contributed by atoms with E-state index in [2.05, 4.69) is 15.9 Å². The highest BCUT2D eigenvalue weighted by atomic mass is 79.9. The Balaban J connectivity index is 2.26. The Morgan fingerprint density at radius 2 is 1.89 bits per heavy atom. The van der Waals surface area contributed by atoms with Gasteiger partial charge >= 0.3 is 5.97 Å². The van der Waals surface area contributed by atoms with Crippen molar-refractivity contribution in [2.75, 3.05) is 0 Å². The van der Waals surface area contributed by atoms with Crippen molar-refractivity contribution < 1.29 is 9.90 Å². The zero-order valence-corrected chi connectivity index (χ0v) is 12.4. The lowest BCUT2D eigenvalue weighted by Crippen LogP contribution is -2.14. The summed E-state index contributed by atoms with van der Waals surface area (Å²) >= 11 is 9.21. The fourth-order valence-electron chi connectivity index (χ4n) is 1.94. The Kier molecular flexibility index (Phi) is 4.61. The smallest absolute Gasteiger partial charge is 0.311 e. The zero-order valence-electron chi connectivity index (χ0n) is 10.0. The molecule has 2 aromatic carbocycles. The summed E-state index contributed by atoms with van der Waals surface area (Å²) in [6, 6.07) is 14.6. The molecule has 0 radical (unpaired) electrons. The average molecular weight is 340 g/mol. The van der Waals surface area contributed by atoms with Crippen LogP contribution in [0.5, 0.6) is 0 Å². The van der Waals surface area contributed by atoms with Gasteiger partial charge in [-0.1, -0.05) is 51.8 Å². The fraction of sp³-hybridized carbons (Fsp3) is 0.133. The number of benzene rings is 2. The predicted molar refractivity (Wildman–Crippen MR) is 79.7 cm³/mol.